The summed E-state index contributed by atoms with van der Waals surface area (Å²) < 4.78 is 28.7. The summed E-state index contributed by atoms with van der Waals surface area (Å²) in [6, 6.07) is 2.75. The predicted molar refractivity (Wildman–Crippen MR) is 72.8 cm³/mol. The lowest BCUT2D eigenvalue weighted by Gasteiger charge is -2.21. The second-order valence-corrected chi connectivity index (χ2v) is 4.92. The van der Waals surface area contributed by atoms with Gasteiger partial charge >= 0.3 is 0 Å². The van der Waals surface area contributed by atoms with Crippen molar-refractivity contribution in [1.82, 2.24) is 14.5 Å². The summed E-state index contributed by atoms with van der Waals surface area (Å²) in [5.74, 6) is -0.0766. The maximum Gasteiger partial charge on any atom is 0.128 e. The molecule has 20 heavy (non-hydrogen) atoms. The minimum absolute atomic E-state index is 0.191. The van der Waals surface area contributed by atoms with Gasteiger partial charge in [-0.3, -0.25) is 4.90 Å². The van der Waals surface area contributed by atoms with Crippen LogP contribution in [0.25, 0.3) is 0 Å². The minimum atomic E-state index is -0.587. The molecule has 1 aromatic heterocycles. The van der Waals surface area contributed by atoms with Crippen LogP contribution in [0.5, 0.6) is 0 Å². The highest BCUT2D eigenvalue weighted by atomic mass is 19.1. The summed E-state index contributed by atoms with van der Waals surface area (Å²) >= 11 is 0. The van der Waals surface area contributed by atoms with Crippen LogP contribution in [0.2, 0.25) is 0 Å². The van der Waals surface area contributed by atoms with E-state index in [4.69, 9.17) is 5.73 Å². The van der Waals surface area contributed by atoms with Gasteiger partial charge in [0.25, 0.3) is 0 Å². The molecule has 108 valence electrons. The van der Waals surface area contributed by atoms with Crippen molar-refractivity contribution in [1.29, 1.82) is 0 Å². The Balaban J connectivity index is 2.02. The van der Waals surface area contributed by atoms with Crippen molar-refractivity contribution in [3.05, 3.63) is 53.6 Å². The lowest BCUT2D eigenvalue weighted by molar-refractivity contribution is 0.292. The van der Waals surface area contributed by atoms with Gasteiger partial charge in [0.05, 0.1) is 6.54 Å². The van der Waals surface area contributed by atoms with Crippen molar-refractivity contribution in [2.75, 3.05) is 13.6 Å². The number of rotatable bonds is 5. The zero-order valence-corrected chi connectivity index (χ0v) is 11.6. The smallest absolute Gasteiger partial charge is 0.128 e. The SMILES string of the molecule is CN(Cc1nccn1C)CC(N)c1cc(F)ccc1F. The third-order valence-electron chi connectivity index (χ3n) is 3.20. The molecule has 6 heteroatoms. The number of halogens is 2. The number of aromatic nitrogens is 2. The molecule has 1 unspecified atom stereocenters. The largest absolute Gasteiger partial charge is 0.337 e. The molecule has 2 rings (SSSR count). The number of benzene rings is 1. The summed E-state index contributed by atoms with van der Waals surface area (Å²) in [6.45, 7) is 1.00. The van der Waals surface area contributed by atoms with E-state index in [1.807, 2.05) is 29.8 Å². The highest BCUT2D eigenvalue weighted by molar-refractivity contribution is 5.22. The second-order valence-electron chi connectivity index (χ2n) is 4.92. The van der Waals surface area contributed by atoms with E-state index in [0.717, 1.165) is 24.0 Å². The Morgan fingerprint density at radius 1 is 1.40 bits per heavy atom. The molecule has 0 saturated carbocycles. The van der Waals surface area contributed by atoms with E-state index >= 15 is 0 Å². The van der Waals surface area contributed by atoms with Gasteiger partial charge in [0.1, 0.15) is 17.5 Å². The molecule has 0 spiro atoms. The average molecular weight is 280 g/mol. The van der Waals surface area contributed by atoms with Gasteiger partial charge in [-0.15, -0.1) is 0 Å². The lowest BCUT2D eigenvalue weighted by atomic mass is 10.1. The number of nitrogens with two attached hydrogens (primary N) is 1. The molecule has 0 bridgehead atoms. The normalized spacial score (nSPS) is 12.9. The Labute approximate surface area is 116 Å². The number of hydrogen-bond donors (Lipinski definition) is 1. The Hall–Kier alpha value is -1.79. The molecular weight excluding hydrogens is 262 g/mol. The average Bonchev–Trinajstić information content (AvgIpc) is 2.77. The topological polar surface area (TPSA) is 47.1 Å². The van der Waals surface area contributed by atoms with Gasteiger partial charge < -0.3 is 10.3 Å². The predicted octanol–water partition coefficient (Wildman–Crippen LogP) is 1.83. The maximum absolute atomic E-state index is 13.6. The molecule has 1 atom stereocenters. The Morgan fingerprint density at radius 3 is 2.80 bits per heavy atom. The fourth-order valence-corrected chi connectivity index (χ4v) is 2.09. The van der Waals surface area contributed by atoms with Gasteiger partial charge in [-0.1, -0.05) is 0 Å². The number of aryl methyl sites for hydroxylation is 1. The monoisotopic (exact) mass is 280 g/mol. The first-order chi connectivity index (χ1) is 9.47. The van der Waals surface area contributed by atoms with E-state index in [1.54, 1.807) is 6.20 Å². The van der Waals surface area contributed by atoms with Crippen LogP contribution in [-0.4, -0.2) is 28.0 Å². The summed E-state index contributed by atoms with van der Waals surface area (Å²) in [5.41, 5.74) is 6.15. The highest BCUT2D eigenvalue weighted by Gasteiger charge is 2.15. The van der Waals surface area contributed by atoms with Gasteiger partial charge in [0.2, 0.25) is 0 Å². The molecule has 0 aliphatic rings. The van der Waals surface area contributed by atoms with E-state index in [1.165, 1.54) is 0 Å². The van der Waals surface area contributed by atoms with Gasteiger partial charge in [0.15, 0.2) is 0 Å². The zero-order valence-electron chi connectivity index (χ0n) is 11.6. The number of imidazole rings is 1. The van der Waals surface area contributed by atoms with Crippen LogP contribution in [-0.2, 0) is 13.6 Å². The van der Waals surface area contributed by atoms with Gasteiger partial charge in [0, 0.05) is 37.6 Å². The molecule has 4 nitrogen and oxygen atoms in total. The molecule has 0 aliphatic heterocycles. The van der Waals surface area contributed by atoms with Crippen LogP contribution in [0, 0.1) is 11.6 Å². The number of hydrogen-bond acceptors (Lipinski definition) is 3. The summed E-state index contributed by atoms with van der Waals surface area (Å²) in [5, 5.41) is 0. The molecule has 0 radical (unpaired) electrons. The first-order valence-electron chi connectivity index (χ1n) is 6.32. The van der Waals surface area contributed by atoms with E-state index in [9.17, 15) is 8.78 Å². The molecule has 0 aliphatic carbocycles. The van der Waals surface area contributed by atoms with Gasteiger partial charge in [-0.05, 0) is 25.2 Å². The maximum atomic E-state index is 13.6. The quantitative estimate of drug-likeness (QED) is 0.909. The van der Waals surface area contributed by atoms with Crippen LogP contribution in [0.15, 0.2) is 30.6 Å². The lowest BCUT2D eigenvalue weighted by Crippen LogP contribution is -2.30. The van der Waals surface area contributed by atoms with Crippen molar-refractivity contribution in [2.45, 2.75) is 12.6 Å². The van der Waals surface area contributed by atoms with E-state index < -0.39 is 17.7 Å². The fraction of sp³-hybridized carbons (Fsp3) is 0.357. The van der Waals surface area contributed by atoms with Crippen molar-refractivity contribution in [2.24, 2.45) is 12.8 Å². The van der Waals surface area contributed by atoms with Crippen molar-refractivity contribution in [3.63, 3.8) is 0 Å². The van der Waals surface area contributed by atoms with Crippen LogP contribution in [0.4, 0.5) is 8.78 Å². The summed E-state index contributed by atoms with van der Waals surface area (Å²) in [6.07, 6.45) is 3.57. The molecule has 2 N–H and O–H groups in total. The third-order valence-corrected chi connectivity index (χ3v) is 3.20. The summed E-state index contributed by atoms with van der Waals surface area (Å²) in [4.78, 5) is 6.14. The van der Waals surface area contributed by atoms with Gasteiger partial charge in [-0.2, -0.15) is 0 Å². The van der Waals surface area contributed by atoms with Crippen molar-refractivity contribution in [3.8, 4) is 0 Å². The van der Waals surface area contributed by atoms with Crippen LogP contribution in [0.1, 0.15) is 17.4 Å². The number of likely N-dealkylation sites (N-methyl/N-ethyl adjacent to an activating group) is 1. The molecular formula is C14H18F2N4. The Morgan fingerprint density at radius 2 is 2.15 bits per heavy atom. The van der Waals surface area contributed by atoms with E-state index in [0.29, 0.717) is 13.1 Å². The van der Waals surface area contributed by atoms with E-state index in [-0.39, 0.29) is 5.56 Å². The van der Waals surface area contributed by atoms with Crippen molar-refractivity contribution >= 4 is 0 Å². The Kier molecular flexibility index (Phi) is 4.46. The second kappa shape index (κ2) is 6.11. The molecule has 0 amide bonds. The minimum Gasteiger partial charge on any atom is -0.337 e. The van der Waals surface area contributed by atoms with Gasteiger partial charge in [-0.25, -0.2) is 13.8 Å². The van der Waals surface area contributed by atoms with Crippen molar-refractivity contribution < 1.29 is 8.78 Å². The highest BCUT2D eigenvalue weighted by Crippen LogP contribution is 2.17. The van der Waals surface area contributed by atoms with Crippen LogP contribution in [0.3, 0.4) is 0 Å². The zero-order chi connectivity index (χ0) is 14.7. The first kappa shape index (κ1) is 14.6. The fourth-order valence-electron chi connectivity index (χ4n) is 2.09. The molecule has 1 aromatic carbocycles. The number of nitrogens with zero attached hydrogens (tertiary/aromatic N) is 3. The summed E-state index contributed by atoms with van der Waals surface area (Å²) in [7, 11) is 3.77. The standard InChI is InChI=1S/C14H18F2N4/c1-19(9-14-18-5-6-20(14)2)8-13(17)11-7-10(15)3-4-12(11)16/h3-7,13H,8-9,17H2,1-2H3. The third kappa shape index (κ3) is 3.40. The molecule has 0 saturated heterocycles. The molecule has 1 heterocycles. The molecule has 0 fully saturated rings. The van der Waals surface area contributed by atoms with E-state index in [2.05, 4.69) is 4.98 Å². The van der Waals surface area contributed by atoms with Crippen LogP contribution < -0.4 is 5.73 Å². The van der Waals surface area contributed by atoms with Crippen LogP contribution >= 0.6 is 0 Å². The first-order valence-corrected chi connectivity index (χ1v) is 6.32. The molecule has 2 aromatic rings. The Bertz CT molecular complexity index is 582.